The van der Waals surface area contributed by atoms with Gasteiger partial charge >= 0.3 is 6.47 Å². The molecule has 2 nitrogen and oxygen atoms in total. The maximum Gasteiger partial charge on any atom is 0.417 e. The Balaban J connectivity index is 3.68. The second kappa shape index (κ2) is 4.80. The molecule has 0 amide bonds. The molecule has 0 saturated carbocycles. The van der Waals surface area contributed by atoms with Gasteiger partial charge in [0.05, 0.1) is 6.61 Å². The molecule has 0 heterocycles. The third kappa shape index (κ3) is 3.28. The van der Waals surface area contributed by atoms with Gasteiger partial charge in [0.2, 0.25) is 0 Å². The van der Waals surface area contributed by atoms with E-state index in [1.807, 2.05) is 6.92 Å². The van der Waals surface area contributed by atoms with Gasteiger partial charge < -0.3 is 4.74 Å². The first kappa shape index (κ1) is 10.0. The van der Waals surface area contributed by atoms with Crippen LogP contribution in [0.15, 0.2) is 0 Å². The molecule has 0 aromatic heterocycles. The van der Waals surface area contributed by atoms with Crippen molar-refractivity contribution in [2.75, 3.05) is 18.4 Å². The van der Waals surface area contributed by atoms with Crippen molar-refractivity contribution >= 4 is 29.7 Å². The summed E-state index contributed by atoms with van der Waals surface area (Å²) in [6, 6.07) is 0. The third-order valence-corrected chi connectivity index (χ3v) is 2.42. The lowest BCUT2D eigenvalue weighted by Gasteiger charge is -2.21. The number of rotatable bonds is 5. The molecule has 0 aliphatic heterocycles. The maximum atomic E-state index is 9.65. The molecule has 0 spiro atoms. The van der Waals surface area contributed by atoms with Crippen LogP contribution in [0.5, 0.6) is 0 Å². The Bertz CT molecular complexity index is 102. The summed E-state index contributed by atoms with van der Waals surface area (Å²) >= 11 is 11.1. The van der Waals surface area contributed by atoms with E-state index in [1.54, 1.807) is 0 Å². The van der Waals surface area contributed by atoms with E-state index in [4.69, 9.17) is 23.2 Å². The van der Waals surface area contributed by atoms with Crippen molar-refractivity contribution in [1.82, 2.24) is 0 Å². The maximum absolute atomic E-state index is 9.65. The summed E-state index contributed by atoms with van der Waals surface area (Å²) < 4.78 is 4.41. The lowest BCUT2D eigenvalue weighted by Crippen LogP contribution is -2.26. The number of ether oxygens (including phenoxy) is 1. The van der Waals surface area contributed by atoms with Crippen molar-refractivity contribution in [3.8, 4) is 0 Å². The zero-order valence-corrected chi connectivity index (χ0v) is 7.21. The smallest absolute Gasteiger partial charge is 0.417 e. The number of halogens is 2. The standard InChI is InChI=1S/C6H9Cl2O2/c1-6(2-7,3-8)4-10-5-9/h2-4H2,1H3. The third-order valence-electron chi connectivity index (χ3n) is 1.12. The molecule has 0 aromatic carbocycles. The molecule has 0 aliphatic carbocycles. The van der Waals surface area contributed by atoms with Gasteiger partial charge in [-0.2, -0.15) is 0 Å². The van der Waals surface area contributed by atoms with Crippen LogP contribution in [-0.2, 0) is 9.53 Å². The Hall–Kier alpha value is 0.0500. The number of alkyl halides is 2. The molecule has 10 heavy (non-hydrogen) atoms. The van der Waals surface area contributed by atoms with Gasteiger partial charge in [-0.25, -0.2) is 4.79 Å². The average molecular weight is 184 g/mol. The Morgan fingerprint density at radius 1 is 1.50 bits per heavy atom. The first-order valence-electron chi connectivity index (χ1n) is 2.79. The van der Waals surface area contributed by atoms with Crippen LogP contribution in [0.25, 0.3) is 0 Å². The largest absolute Gasteiger partial charge is 0.457 e. The highest BCUT2D eigenvalue weighted by Crippen LogP contribution is 2.19. The molecular formula is C6H9Cl2O2. The van der Waals surface area contributed by atoms with Gasteiger partial charge in [0.1, 0.15) is 0 Å². The van der Waals surface area contributed by atoms with E-state index in [0.29, 0.717) is 11.8 Å². The fourth-order valence-electron chi connectivity index (χ4n) is 0.317. The van der Waals surface area contributed by atoms with E-state index in [1.165, 1.54) is 6.47 Å². The highest BCUT2D eigenvalue weighted by atomic mass is 35.5. The molecule has 0 bridgehead atoms. The minimum absolute atomic E-state index is 0.226. The molecule has 4 heteroatoms. The Morgan fingerprint density at radius 3 is 2.30 bits per heavy atom. The molecule has 0 aromatic rings. The molecule has 0 N–H and O–H groups in total. The van der Waals surface area contributed by atoms with Gasteiger partial charge in [-0.1, -0.05) is 6.92 Å². The van der Waals surface area contributed by atoms with E-state index in [9.17, 15) is 4.79 Å². The predicted octanol–water partition coefficient (Wildman–Crippen LogP) is 1.55. The van der Waals surface area contributed by atoms with E-state index in [2.05, 4.69) is 4.74 Å². The number of hydrogen-bond acceptors (Lipinski definition) is 2. The quantitative estimate of drug-likeness (QED) is 0.606. The SMILES string of the molecule is CC(CCl)(CCl)CO[C]=O. The molecule has 0 saturated heterocycles. The summed E-state index contributed by atoms with van der Waals surface area (Å²) in [5.41, 5.74) is -0.319. The van der Waals surface area contributed by atoms with Gasteiger partial charge in [0, 0.05) is 17.2 Å². The van der Waals surface area contributed by atoms with Crippen molar-refractivity contribution in [2.24, 2.45) is 5.41 Å². The summed E-state index contributed by atoms with van der Waals surface area (Å²) in [6.07, 6.45) is 0. The zero-order valence-electron chi connectivity index (χ0n) is 5.69. The molecule has 0 fully saturated rings. The fourth-order valence-corrected chi connectivity index (χ4v) is 0.757. The normalized spacial score (nSPS) is 11.1. The highest BCUT2D eigenvalue weighted by molar-refractivity contribution is 6.21. The van der Waals surface area contributed by atoms with Crippen molar-refractivity contribution < 1.29 is 9.53 Å². The van der Waals surface area contributed by atoms with Crippen LogP contribution in [0.2, 0.25) is 0 Å². The van der Waals surface area contributed by atoms with E-state index in [0.717, 1.165) is 0 Å². The van der Waals surface area contributed by atoms with Crippen LogP contribution in [-0.4, -0.2) is 24.8 Å². The van der Waals surface area contributed by atoms with Crippen LogP contribution in [0, 0.1) is 5.41 Å². The summed E-state index contributed by atoms with van der Waals surface area (Å²) in [4.78, 5) is 9.65. The first-order valence-corrected chi connectivity index (χ1v) is 3.86. The number of carbonyl (C=O) groups excluding carboxylic acids is 1. The molecule has 59 valence electrons. The lowest BCUT2D eigenvalue weighted by atomic mass is 9.98. The van der Waals surface area contributed by atoms with Gasteiger partial charge in [0.25, 0.3) is 0 Å². The average Bonchev–Trinajstić information content (AvgIpc) is 2.00. The molecule has 0 unspecified atom stereocenters. The zero-order chi connectivity index (χ0) is 8.04. The van der Waals surface area contributed by atoms with Crippen molar-refractivity contribution in [3.05, 3.63) is 0 Å². The highest BCUT2D eigenvalue weighted by Gasteiger charge is 2.22. The van der Waals surface area contributed by atoms with Gasteiger partial charge in [0.15, 0.2) is 0 Å². The first-order chi connectivity index (χ1) is 4.68. The Kier molecular flexibility index (Phi) is 4.83. The van der Waals surface area contributed by atoms with Gasteiger partial charge in [-0.05, 0) is 0 Å². The molecule has 0 atom stereocenters. The van der Waals surface area contributed by atoms with Crippen molar-refractivity contribution in [3.63, 3.8) is 0 Å². The summed E-state index contributed by atoms with van der Waals surface area (Å²) in [5, 5.41) is 0. The van der Waals surface area contributed by atoms with Crippen LogP contribution < -0.4 is 0 Å². The predicted molar refractivity (Wildman–Crippen MR) is 41.2 cm³/mol. The lowest BCUT2D eigenvalue weighted by molar-refractivity contribution is 0.183. The van der Waals surface area contributed by atoms with Crippen molar-refractivity contribution in [2.45, 2.75) is 6.92 Å². The van der Waals surface area contributed by atoms with Crippen molar-refractivity contribution in [1.29, 1.82) is 0 Å². The van der Waals surface area contributed by atoms with Gasteiger partial charge in [-0.15, -0.1) is 23.2 Å². The minimum Gasteiger partial charge on any atom is -0.457 e. The molecule has 0 aliphatic rings. The van der Waals surface area contributed by atoms with E-state index < -0.39 is 0 Å². The summed E-state index contributed by atoms with van der Waals surface area (Å²) in [5.74, 6) is 0.746. The van der Waals surface area contributed by atoms with Gasteiger partial charge in [-0.3, -0.25) is 0 Å². The van der Waals surface area contributed by atoms with E-state index >= 15 is 0 Å². The van der Waals surface area contributed by atoms with Crippen LogP contribution in [0.4, 0.5) is 0 Å². The monoisotopic (exact) mass is 183 g/mol. The number of hydrogen-bond donors (Lipinski definition) is 0. The molecule has 1 radical (unpaired) electrons. The second-order valence-electron chi connectivity index (χ2n) is 2.45. The van der Waals surface area contributed by atoms with Crippen LogP contribution in [0.3, 0.4) is 0 Å². The molecular weight excluding hydrogens is 175 g/mol. The van der Waals surface area contributed by atoms with Crippen LogP contribution >= 0.6 is 23.2 Å². The minimum atomic E-state index is -0.319. The Labute approximate surface area is 70.4 Å². The topological polar surface area (TPSA) is 26.3 Å². The summed E-state index contributed by atoms with van der Waals surface area (Å²) in [6.45, 7) is 3.39. The summed E-state index contributed by atoms with van der Waals surface area (Å²) in [7, 11) is 0. The second-order valence-corrected chi connectivity index (χ2v) is 2.98. The fraction of sp³-hybridized carbons (Fsp3) is 0.833. The van der Waals surface area contributed by atoms with E-state index in [-0.39, 0.29) is 12.0 Å². The molecule has 0 rings (SSSR count). The Morgan fingerprint density at radius 2 is 2.00 bits per heavy atom. The van der Waals surface area contributed by atoms with Crippen LogP contribution in [0.1, 0.15) is 6.92 Å².